The van der Waals surface area contributed by atoms with E-state index in [4.69, 9.17) is 4.74 Å². The number of para-hydroxylation sites is 1. The van der Waals surface area contributed by atoms with Gasteiger partial charge in [0.2, 0.25) is 0 Å². The van der Waals surface area contributed by atoms with E-state index in [1.807, 2.05) is 0 Å². The Morgan fingerprint density at radius 2 is 1.57 bits per heavy atom. The lowest BCUT2D eigenvalue weighted by Gasteiger charge is -2.29. The summed E-state index contributed by atoms with van der Waals surface area (Å²) < 4.78 is 78.0. The molecule has 35 heavy (non-hydrogen) atoms. The van der Waals surface area contributed by atoms with Gasteiger partial charge in [-0.2, -0.15) is 0 Å². The Labute approximate surface area is 201 Å². The minimum Gasteiger partial charge on any atom is -0.453 e. The molecular formula is C28H27F5O2. The van der Waals surface area contributed by atoms with Gasteiger partial charge in [-0.3, -0.25) is 0 Å². The van der Waals surface area contributed by atoms with Crippen LogP contribution < -0.4 is 9.47 Å². The predicted octanol–water partition coefficient (Wildman–Crippen LogP) is 9.31. The molecule has 0 bridgehead atoms. The van der Waals surface area contributed by atoms with Gasteiger partial charge in [-0.1, -0.05) is 43.7 Å². The average molecular weight is 491 g/mol. The highest BCUT2D eigenvalue weighted by Gasteiger charge is 2.31. The SMILES string of the molecule is CC[C@H]1CC[C@H](c2c(F)cc(C)c(Oc3ccccc3-c3ccc(OC(F)(F)F)cc3)c2F)CC1. The molecule has 0 N–H and O–H groups in total. The van der Waals surface area contributed by atoms with E-state index < -0.39 is 18.0 Å². The second-order valence-corrected chi connectivity index (χ2v) is 9.03. The standard InChI is InChI=1S/C28H27F5O2/c1-3-18-8-10-20(11-9-18)25-23(29)16-17(2)27(26(25)30)34-24-7-5-4-6-22(24)19-12-14-21(15-13-19)35-28(31,32)33/h4-7,12-16,18,20H,3,8-11H2,1-2H3/t18-,20-. The lowest BCUT2D eigenvalue weighted by Crippen LogP contribution is -2.16. The van der Waals surface area contributed by atoms with Gasteiger partial charge in [0.15, 0.2) is 11.6 Å². The normalized spacial score (nSPS) is 18.4. The van der Waals surface area contributed by atoms with Crippen molar-refractivity contribution < 1.29 is 31.4 Å². The molecule has 0 unspecified atom stereocenters. The molecule has 186 valence electrons. The third kappa shape index (κ3) is 5.77. The van der Waals surface area contributed by atoms with E-state index in [1.54, 1.807) is 31.2 Å². The minimum absolute atomic E-state index is 0.0384. The number of benzene rings is 3. The number of rotatable bonds is 6. The fourth-order valence-corrected chi connectivity index (χ4v) is 4.83. The summed E-state index contributed by atoms with van der Waals surface area (Å²) in [5.74, 6) is -0.917. The Bertz CT molecular complexity index is 1160. The third-order valence-electron chi connectivity index (χ3n) is 6.72. The van der Waals surface area contributed by atoms with Crippen LogP contribution in [0.25, 0.3) is 11.1 Å². The van der Waals surface area contributed by atoms with Crippen LogP contribution in [0.3, 0.4) is 0 Å². The average Bonchev–Trinajstić information content (AvgIpc) is 2.82. The van der Waals surface area contributed by atoms with E-state index in [1.165, 1.54) is 30.3 Å². The maximum Gasteiger partial charge on any atom is 0.573 e. The molecule has 0 aliphatic heterocycles. The summed E-state index contributed by atoms with van der Waals surface area (Å²) >= 11 is 0. The topological polar surface area (TPSA) is 18.5 Å². The molecule has 4 rings (SSSR count). The van der Waals surface area contributed by atoms with Crippen molar-refractivity contribution in [2.24, 2.45) is 5.92 Å². The first-order valence-corrected chi connectivity index (χ1v) is 11.8. The van der Waals surface area contributed by atoms with Crippen LogP contribution in [0.5, 0.6) is 17.2 Å². The predicted molar refractivity (Wildman–Crippen MR) is 125 cm³/mol. The fraction of sp³-hybridized carbons (Fsp3) is 0.357. The first-order valence-electron chi connectivity index (χ1n) is 11.8. The number of aryl methyl sites for hydroxylation is 1. The molecule has 0 aromatic heterocycles. The Hall–Kier alpha value is -3.09. The molecule has 1 fully saturated rings. The smallest absolute Gasteiger partial charge is 0.453 e. The van der Waals surface area contributed by atoms with Crippen molar-refractivity contribution in [2.45, 2.75) is 58.2 Å². The van der Waals surface area contributed by atoms with E-state index in [-0.39, 0.29) is 23.0 Å². The first-order chi connectivity index (χ1) is 16.7. The molecule has 0 radical (unpaired) electrons. The summed E-state index contributed by atoms with van der Waals surface area (Å²) in [7, 11) is 0. The number of ether oxygens (including phenoxy) is 2. The zero-order valence-electron chi connectivity index (χ0n) is 19.6. The molecule has 0 atom stereocenters. The molecule has 0 spiro atoms. The molecule has 1 saturated carbocycles. The molecule has 0 saturated heterocycles. The van der Waals surface area contributed by atoms with Crippen LogP contribution in [0.4, 0.5) is 22.0 Å². The van der Waals surface area contributed by atoms with Gasteiger partial charge in [-0.05, 0) is 79.8 Å². The molecule has 3 aromatic carbocycles. The van der Waals surface area contributed by atoms with Crippen molar-refractivity contribution in [3.05, 3.63) is 77.4 Å². The summed E-state index contributed by atoms with van der Waals surface area (Å²) in [6.45, 7) is 3.73. The van der Waals surface area contributed by atoms with Gasteiger partial charge in [0.1, 0.15) is 17.3 Å². The van der Waals surface area contributed by atoms with E-state index in [9.17, 15) is 17.6 Å². The van der Waals surface area contributed by atoms with Gasteiger partial charge in [0.25, 0.3) is 0 Å². The van der Waals surface area contributed by atoms with E-state index in [0.29, 0.717) is 28.4 Å². The Morgan fingerprint density at radius 1 is 0.914 bits per heavy atom. The summed E-state index contributed by atoms with van der Waals surface area (Å²) in [4.78, 5) is 0. The highest BCUT2D eigenvalue weighted by molar-refractivity contribution is 5.71. The van der Waals surface area contributed by atoms with Crippen LogP contribution in [-0.2, 0) is 0 Å². The quantitative estimate of drug-likeness (QED) is 0.321. The molecule has 0 heterocycles. The Morgan fingerprint density at radius 3 is 2.20 bits per heavy atom. The molecular weight excluding hydrogens is 463 g/mol. The van der Waals surface area contributed by atoms with Gasteiger partial charge in [0, 0.05) is 11.1 Å². The van der Waals surface area contributed by atoms with Crippen LogP contribution in [-0.4, -0.2) is 6.36 Å². The largest absolute Gasteiger partial charge is 0.573 e. The van der Waals surface area contributed by atoms with Crippen molar-refractivity contribution >= 4 is 0 Å². The summed E-state index contributed by atoms with van der Waals surface area (Å²) in [6.07, 6.45) is -0.356. The zero-order chi connectivity index (χ0) is 25.2. The van der Waals surface area contributed by atoms with Crippen molar-refractivity contribution in [2.75, 3.05) is 0 Å². The van der Waals surface area contributed by atoms with Gasteiger partial charge < -0.3 is 9.47 Å². The number of hydrogen-bond donors (Lipinski definition) is 0. The first kappa shape index (κ1) is 25.0. The second-order valence-electron chi connectivity index (χ2n) is 9.03. The van der Waals surface area contributed by atoms with Crippen LogP contribution >= 0.6 is 0 Å². The minimum atomic E-state index is -4.78. The van der Waals surface area contributed by atoms with Crippen LogP contribution in [0.15, 0.2) is 54.6 Å². The molecule has 7 heteroatoms. The van der Waals surface area contributed by atoms with Gasteiger partial charge in [-0.15, -0.1) is 13.2 Å². The van der Waals surface area contributed by atoms with Gasteiger partial charge >= 0.3 is 6.36 Å². The highest BCUT2D eigenvalue weighted by Crippen LogP contribution is 2.43. The van der Waals surface area contributed by atoms with Crippen molar-refractivity contribution in [1.82, 2.24) is 0 Å². The van der Waals surface area contributed by atoms with Crippen LogP contribution in [0.2, 0.25) is 0 Å². The monoisotopic (exact) mass is 490 g/mol. The van der Waals surface area contributed by atoms with Crippen LogP contribution in [0.1, 0.15) is 56.1 Å². The van der Waals surface area contributed by atoms with Crippen molar-refractivity contribution in [1.29, 1.82) is 0 Å². The van der Waals surface area contributed by atoms with Gasteiger partial charge in [-0.25, -0.2) is 8.78 Å². The maximum absolute atomic E-state index is 15.7. The van der Waals surface area contributed by atoms with Crippen molar-refractivity contribution in [3.8, 4) is 28.4 Å². The van der Waals surface area contributed by atoms with E-state index in [0.717, 1.165) is 32.1 Å². The summed E-state index contributed by atoms with van der Waals surface area (Å²) in [5.41, 5.74) is 1.52. The summed E-state index contributed by atoms with van der Waals surface area (Å²) in [6, 6.07) is 13.5. The zero-order valence-corrected chi connectivity index (χ0v) is 19.6. The van der Waals surface area contributed by atoms with E-state index in [2.05, 4.69) is 11.7 Å². The molecule has 0 amide bonds. The van der Waals surface area contributed by atoms with Gasteiger partial charge in [0.05, 0.1) is 0 Å². The lowest BCUT2D eigenvalue weighted by molar-refractivity contribution is -0.274. The molecule has 1 aliphatic carbocycles. The third-order valence-corrected chi connectivity index (χ3v) is 6.72. The van der Waals surface area contributed by atoms with Crippen LogP contribution in [0, 0.1) is 24.5 Å². The number of halogens is 5. The number of hydrogen-bond acceptors (Lipinski definition) is 2. The fourth-order valence-electron chi connectivity index (χ4n) is 4.83. The van der Waals surface area contributed by atoms with E-state index >= 15 is 4.39 Å². The Kier molecular flexibility index (Phi) is 7.33. The number of alkyl halides is 3. The molecule has 2 nitrogen and oxygen atoms in total. The maximum atomic E-state index is 15.7. The Balaban J connectivity index is 1.64. The highest BCUT2D eigenvalue weighted by atomic mass is 19.4. The van der Waals surface area contributed by atoms with Crippen molar-refractivity contribution in [3.63, 3.8) is 0 Å². The second kappa shape index (κ2) is 10.3. The molecule has 1 aliphatic rings. The summed E-state index contributed by atoms with van der Waals surface area (Å²) in [5, 5.41) is 0. The lowest BCUT2D eigenvalue weighted by atomic mass is 9.77. The molecule has 3 aromatic rings.